The molecule has 6 nitrogen and oxygen atoms in total. The van der Waals surface area contributed by atoms with Crippen molar-refractivity contribution in [2.75, 3.05) is 12.4 Å². The van der Waals surface area contributed by atoms with E-state index in [1.807, 2.05) is 0 Å². The number of halogens is 1. The van der Waals surface area contributed by atoms with Gasteiger partial charge in [0.2, 0.25) is 0 Å². The average molecular weight is 417 g/mol. The lowest BCUT2D eigenvalue weighted by atomic mass is 10.1. The number of ether oxygens (including phenoxy) is 1. The number of anilines is 1. The first kappa shape index (κ1) is 19.9. The van der Waals surface area contributed by atoms with Crippen LogP contribution in [0.25, 0.3) is 11.3 Å². The summed E-state index contributed by atoms with van der Waals surface area (Å²) in [6.07, 6.45) is 0. The molecule has 0 aliphatic rings. The van der Waals surface area contributed by atoms with Crippen LogP contribution >= 0.6 is 23.8 Å². The lowest BCUT2D eigenvalue weighted by Gasteiger charge is -2.12. The highest BCUT2D eigenvalue weighted by Gasteiger charge is 2.14. The normalized spacial score (nSPS) is 10.4. The predicted octanol–water partition coefficient (Wildman–Crippen LogP) is 4.23. The number of para-hydroxylation sites is 1. The maximum atomic E-state index is 12.4. The van der Waals surface area contributed by atoms with Gasteiger partial charge >= 0.3 is 0 Å². The highest BCUT2D eigenvalue weighted by atomic mass is 35.5. The van der Waals surface area contributed by atoms with Crippen molar-refractivity contribution in [3.05, 3.63) is 70.9 Å². The Morgan fingerprint density at radius 2 is 2.00 bits per heavy atom. The van der Waals surface area contributed by atoms with E-state index in [1.54, 1.807) is 54.6 Å². The Balaban J connectivity index is 1.69. The van der Waals surface area contributed by atoms with Gasteiger partial charge in [-0.2, -0.15) is 0 Å². The van der Waals surface area contributed by atoms with Gasteiger partial charge in [0.15, 0.2) is 5.11 Å². The van der Waals surface area contributed by atoms with Crippen molar-refractivity contribution >= 4 is 40.5 Å². The summed E-state index contributed by atoms with van der Waals surface area (Å²) < 4.78 is 10.7. The summed E-state index contributed by atoms with van der Waals surface area (Å²) in [6, 6.07) is 15.5. The van der Waals surface area contributed by atoms with Crippen LogP contribution in [0.3, 0.4) is 0 Å². The molecular formula is C20H17ClN2O4S. The molecule has 1 heterocycles. The molecule has 0 radical (unpaired) electrons. The Morgan fingerprint density at radius 1 is 1.21 bits per heavy atom. The van der Waals surface area contributed by atoms with Crippen LogP contribution in [0.2, 0.25) is 5.02 Å². The molecule has 2 aromatic carbocycles. The van der Waals surface area contributed by atoms with E-state index in [-0.39, 0.29) is 17.6 Å². The van der Waals surface area contributed by atoms with Gasteiger partial charge in [0.25, 0.3) is 5.91 Å². The standard InChI is InChI=1S/C20H17ClN2O4S/c1-26-17-5-3-2-4-15(17)19(25)23-20(28)22-12-6-8-14(16(21)10-12)18-9-7-13(11-24)27-18/h2-10,24H,11H2,1H3,(H2,22,23,25,28). The minimum Gasteiger partial charge on any atom is -0.496 e. The molecule has 1 amide bonds. The summed E-state index contributed by atoms with van der Waals surface area (Å²) >= 11 is 11.5. The molecule has 0 saturated heterocycles. The second-order valence-electron chi connectivity index (χ2n) is 5.73. The first-order valence-corrected chi connectivity index (χ1v) is 9.05. The van der Waals surface area contributed by atoms with Crippen LogP contribution in [-0.2, 0) is 6.61 Å². The second-order valence-corrected chi connectivity index (χ2v) is 6.54. The van der Waals surface area contributed by atoms with Crippen molar-refractivity contribution in [2.24, 2.45) is 0 Å². The number of methoxy groups -OCH3 is 1. The van der Waals surface area contributed by atoms with Crippen LogP contribution in [0.5, 0.6) is 5.75 Å². The van der Waals surface area contributed by atoms with Gasteiger partial charge in [-0.25, -0.2) is 0 Å². The van der Waals surface area contributed by atoms with Crippen LogP contribution in [0.4, 0.5) is 5.69 Å². The zero-order valence-electron chi connectivity index (χ0n) is 14.9. The summed E-state index contributed by atoms with van der Waals surface area (Å²) in [5, 5.41) is 15.2. The lowest BCUT2D eigenvalue weighted by molar-refractivity contribution is 0.0975. The number of thiocarbonyl (C=S) groups is 1. The van der Waals surface area contributed by atoms with Gasteiger partial charge in [-0.3, -0.25) is 10.1 Å². The van der Waals surface area contributed by atoms with Gasteiger partial charge in [0, 0.05) is 11.3 Å². The molecule has 0 aliphatic carbocycles. The number of rotatable bonds is 5. The number of nitrogens with one attached hydrogen (secondary N) is 2. The lowest BCUT2D eigenvalue weighted by Crippen LogP contribution is -2.34. The molecule has 0 atom stereocenters. The molecule has 0 unspecified atom stereocenters. The molecule has 28 heavy (non-hydrogen) atoms. The number of furan rings is 1. The molecule has 8 heteroatoms. The fraction of sp³-hybridized carbons (Fsp3) is 0.100. The molecule has 144 valence electrons. The number of carbonyl (C=O) groups is 1. The van der Waals surface area contributed by atoms with Crippen molar-refractivity contribution < 1.29 is 19.1 Å². The van der Waals surface area contributed by atoms with Crippen LogP contribution in [0.15, 0.2) is 59.0 Å². The zero-order valence-corrected chi connectivity index (χ0v) is 16.4. The Morgan fingerprint density at radius 3 is 2.68 bits per heavy atom. The summed E-state index contributed by atoms with van der Waals surface area (Å²) in [5.74, 6) is 1.07. The fourth-order valence-electron chi connectivity index (χ4n) is 2.57. The van der Waals surface area contributed by atoms with Gasteiger partial charge in [-0.1, -0.05) is 23.7 Å². The third-order valence-electron chi connectivity index (χ3n) is 3.89. The number of carbonyl (C=O) groups excluding carboxylic acids is 1. The van der Waals surface area contributed by atoms with E-state index < -0.39 is 0 Å². The molecule has 3 rings (SSSR count). The first-order valence-electron chi connectivity index (χ1n) is 8.26. The maximum absolute atomic E-state index is 12.4. The van der Waals surface area contributed by atoms with Crippen molar-refractivity contribution in [1.82, 2.24) is 5.32 Å². The van der Waals surface area contributed by atoms with Crippen molar-refractivity contribution in [1.29, 1.82) is 0 Å². The molecule has 0 spiro atoms. The summed E-state index contributed by atoms with van der Waals surface area (Å²) in [5.41, 5.74) is 1.66. The topological polar surface area (TPSA) is 83.7 Å². The van der Waals surface area contributed by atoms with Crippen LogP contribution in [0.1, 0.15) is 16.1 Å². The molecule has 3 aromatic rings. The Bertz CT molecular complexity index is 1020. The van der Waals surface area contributed by atoms with Crippen LogP contribution < -0.4 is 15.4 Å². The highest BCUT2D eigenvalue weighted by Crippen LogP contribution is 2.31. The quantitative estimate of drug-likeness (QED) is 0.540. The Labute approximate surface area is 172 Å². The Hall–Kier alpha value is -2.87. The van der Waals surface area contributed by atoms with E-state index in [2.05, 4.69) is 10.6 Å². The molecule has 0 bridgehead atoms. The largest absolute Gasteiger partial charge is 0.496 e. The van der Waals surface area contributed by atoms with Gasteiger partial charge < -0.3 is 19.6 Å². The van der Waals surface area contributed by atoms with E-state index in [0.717, 1.165) is 0 Å². The average Bonchev–Trinajstić information content (AvgIpc) is 3.16. The van der Waals surface area contributed by atoms with Gasteiger partial charge in [-0.05, 0) is 54.7 Å². The number of hydrogen-bond donors (Lipinski definition) is 3. The van der Waals surface area contributed by atoms with E-state index in [9.17, 15) is 4.79 Å². The number of hydrogen-bond acceptors (Lipinski definition) is 5. The van der Waals surface area contributed by atoms with Gasteiger partial charge in [0.1, 0.15) is 23.9 Å². The van der Waals surface area contributed by atoms with E-state index in [0.29, 0.717) is 39.1 Å². The Kier molecular flexibility index (Phi) is 6.30. The summed E-state index contributed by atoms with van der Waals surface area (Å²) in [7, 11) is 1.49. The van der Waals surface area contributed by atoms with Gasteiger partial charge in [0.05, 0.1) is 17.7 Å². The first-order chi connectivity index (χ1) is 13.5. The maximum Gasteiger partial charge on any atom is 0.261 e. The fourth-order valence-corrected chi connectivity index (χ4v) is 3.05. The molecule has 0 fully saturated rings. The van der Waals surface area contributed by atoms with E-state index >= 15 is 0 Å². The molecule has 3 N–H and O–H groups in total. The number of amides is 1. The van der Waals surface area contributed by atoms with Gasteiger partial charge in [-0.15, -0.1) is 0 Å². The smallest absolute Gasteiger partial charge is 0.261 e. The molecule has 0 saturated carbocycles. The third-order valence-corrected chi connectivity index (χ3v) is 4.41. The monoisotopic (exact) mass is 416 g/mol. The predicted molar refractivity (Wildman–Crippen MR) is 112 cm³/mol. The second kappa shape index (κ2) is 8.88. The van der Waals surface area contributed by atoms with Crippen molar-refractivity contribution in [2.45, 2.75) is 6.61 Å². The minimum atomic E-state index is -0.384. The van der Waals surface area contributed by atoms with E-state index in [1.165, 1.54) is 7.11 Å². The number of benzene rings is 2. The van der Waals surface area contributed by atoms with Crippen LogP contribution in [-0.4, -0.2) is 23.2 Å². The number of aliphatic hydroxyl groups is 1. The minimum absolute atomic E-state index is 0.125. The van der Waals surface area contributed by atoms with Crippen LogP contribution in [0, 0.1) is 0 Å². The zero-order chi connectivity index (χ0) is 20.1. The summed E-state index contributed by atoms with van der Waals surface area (Å²) in [6.45, 7) is -0.183. The highest BCUT2D eigenvalue weighted by molar-refractivity contribution is 7.80. The van der Waals surface area contributed by atoms with Crippen molar-refractivity contribution in [3.63, 3.8) is 0 Å². The van der Waals surface area contributed by atoms with E-state index in [4.69, 9.17) is 38.1 Å². The SMILES string of the molecule is COc1ccccc1C(=O)NC(=S)Nc1ccc(-c2ccc(CO)o2)c(Cl)c1. The molecular weight excluding hydrogens is 400 g/mol. The summed E-state index contributed by atoms with van der Waals surface area (Å²) in [4.78, 5) is 12.4. The van der Waals surface area contributed by atoms with Crippen molar-refractivity contribution in [3.8, 4) is 17.1 Å². The molecule has 0 aliphatic heterocycles. The third kappa shape index (κ3) is 4.51. The number of aliphatic hydroxyl groups excluding tert-OH is 1. The molecule has 1 aromatic heterocycles.